The van der Waals surface area contributed by atoms with Crippen LogP contribution in [0.3, 0.4) is 0 Å². The number of nitrogens with zero attached hydrogens (tertiary/aromatic N) is 1. The number of esters is 1. The first kappa shape index (κ1) is 25.9. The maximum Gasteiger partial charge on any atom is 0.338 e. The van der Waals surface area contributed by atoms with E-state index < -0.39 is 6.04 Å². The van der Waals surface area contributed by atoms with Gasteiger partial charge in [0.1, 0.15) is 18.1 Å². The molecule has 0 radical (unpaired) electrons. The molecule has 8 nitrogen and oxygen atoms in total. The molecule has 0 saturated heterocycles. The van der Waals surface area contributed by atoms with Crippen LogP contribution in [0.1, 0.15) is 44.8 Å². The van der Waals surface area contributed by atoms with Crippen molar-refractivity contribution in [2.75, 3.05) is 41.1 Å². The normalized spacial score (nSPS) is 14.4. The van der Waals surface area contributed by atoms with Crippen molar-refractivity contribution >= 4 is 11.9 Å². The average Bonchev–Trinajstić information content (AvgIpc) is 2.94. The summed E-state index contributed by atoms with van der Waals surface area (Å²) in [6, 6.07) is 17.4. The summed E-state index contributed by atoms with van der Waals surface area (Å²) in [5, 5.41) is 0. The van der Waals surface area contributed by atoms with E-state index >= 15 is 0 Å². The number of methoxy groups -OCH3 is 3. The number of para-hydroxylation sites is 1. The molecule has 0 aromatic heterocycles. The summed E-state index contributed by atoms with van der Waals surface area (Å²) in [7, 11) is 4.74. The Morgan fingerprint density at radius 3 is 2.24 bits per heavy atom. The van der Waals surface area contributed by atoms with E-state index in [-0.39, 0.29) is 18.5 Å². The number of hydrogen-bond acceptors (Lipinski definition) is 7. The fourth-order valence-corrected chi connectivity index (χ4v) is 4.50. The second-order valence-corrected chi connectivity index (χ2v) is 8.43. The third-order valence-electron chi connectivity index (χ3n) is 6.37. The molecule has 3 aromatic rings. The van der Waals surface area contributed by atoms with E-state index in [1.54, 1.807) is 69.6 Å². The molecule has 1 heterocycles. The Balaban J connectivity index is 1.66. The standard InChI is InChI=1S/C29H31NO7/c1-5-36-29(32)19-10-12-21(13-11-19)37-18-24-23-17-27(35-4)26(34-3)16-20(23)14-15-30(24)28(31)22-8-6-7-9-25(22)33-2/h6-13,16-17,24H,5,14-15,18H2,1-4H3/t24-/m1/s1. The van der Waals surface area contributed by atoms with E-state index in [0.29, 0.717) is 53.7 Å². The van der Waals surface area contributed by atoms with Crippen LogP contribution in [0.25, 0.3) is 0 Å². The van der Waals surface area contributed by atoms with Crippen molar-refractivity contribution in [1.82, 2.24) is 4.90 Å². The van der Waals surface area contributed by atoms with Gasteiger partial charge in [-0.15, -0.1) is 0 Å². The van der Waals surface area contributed by atoms with Gasteiger partial charge in [0.15, 0.2) is 11.5 Å². The van der Waals surface area contributed by atoms with Crippen LogP contribution in [0, 0.1) is 0 Å². The van der Waals surface area contributed by atoms with Crippen molar-refractivity contribution in [2.45, 2.75) is 19.4 Å². The Kier molecular flexibility index (Phi) is 8.18. The second kappa shape index (κ2) is 11.7. The van der Waals surface area contributed by atoms with E-state index in [2.05, 4.69) is 0 Å². The maximum absolute atomic E-state index is 13.8. The van der Waals surface area contributed by atoms with Crippen LogP contribution in [0.5, 0.6) is 23.0 Å². The lowest BCUT2D eigenvalue weighted by Gasteiger charge is -2.38. The Morgan fingerprint density at radius 2 is 1.57 bits per heavy atom. The molecule has 4 rings (SSSR count). The van der Waals surface area contributed by atoms with Gasteiger partial charge in [-0.05, 0) is 73.0 Å². The Hall–Kier alpha value is -4.20. The van der Waals surface area contributed by atoms with Gasteiger partial charge in [0.2, 0.25) is 0 Å². The molecule has 3 aromatic carbocycles. The van der Waals surface area contributed by atoms with Gasteiger partial charge in [-0.1, -0.05) is 12.1 Å². The molecule has 0 N–H and O–H groups in total. The summed E-state index contributed by atoms with van der Waals surface area (Å²) in [6.07, 6.45) is 0.654. The molecule has 194 valence electrons. The second-order valence-electron chi connectivity index (χ2n) is 8.43. The lowest BCUT2D eigenvalue weighted by molar-refractivity contribution is 0.0524. The first-order valence-electron chi connectivity index (χ1n) is 12.1. The molecular formula is C29H31NO7. The predicted octanol–water partition coefficient (Wildman–Crippen LogP) is 4.71. The van der Waals surface area contributed by atoms with Gasteiger partial charge in [0.25, 0.3) is 5.91 Å². The topological polar surface area (TPSA) is 83.5 Å². The van der Waals surface area contributed by atoms with Crippen molar-refractivity contribution in [3.05, 3.63) is 82.9 Å². The lowest BCUT2D eigenvalue weighted by Crippen LogP contribution is -2.42. The van der Waals surface area contributed by atoms with Crippen LogP contribution in [0.15, 0.2) is 60.7 Å². The first-order chi connectivity index (χ1) is 18.0. The highest BCUT2D eigenvalue weighted by Gasteiger charge is 2.34. The van der Waals surface area contributed by atoms with Crippen LogP contribution >= 0.6 is 0 Å². The van der Waals surface area contributed by atoms with Crippen molar-refractivity contribution in [2.24, 2.45) is 0 Å². The summed E-state index contributed by atoms with van der Waals surface area (Å²) in [5.74, 6) is 1.77. The molecule has 8 heteroatoms. The maximum atomic E-state index is 13.8. The van der Waals surface area contributed by atoms with Gasteiger partial charge >= 0.3 is 5.97 Å². The minimum Gasteiger partial charge on any atom is -0.496 e. The lowest BCUT2D eigenvalue weighted by atomic mass is 9.91. The summed E-state index contributed by atoms with van der Waals surface area (Å²) in [6.45, 7) is 2.76. The zero-order chi connectivity index (χ0) is 26.4. The van der Waals surface area contributed by atoms with Gasteiger partial charge < -0.3 is 28.6 Å². The number of amides is 1. The smallest absolute Gasteiger partial charge is 0.338 e. The van der Waals surface area contributed by atoms with Crippen molar-refractivity contribution in [3.8, 4) is 23.0 Å². The molecule has 1 aliphatic heterocycles. The number of fused-ring (bicyclic) bond motifs is 1. The number of rotatable bonds is 9. The average molecular weight is 506 g/mol. The highest BCUT2D eigenvalue weighted by Crippen LogP contribution is 2.39. The highest BCUT2D eigenvalue weighted by molar-refractivity contribution is 5.97. The third-order valence-corrected chi connectivity index (χ3v) is 6.37. The largest absolute Gasteiger partial charge is 0.496 e. The van der Waals surface area contributed by atoms with Crippen molar-refractivity contribution < 1.29 is 33.3 Å². The van der Waals surface area contributed by atoms with E-state index in [1.165, 1.54) is 0 Å². The van der Waals surface area contributed by atoms with Gasteiger partial charge in [-0.2, -0.15) is 0 Å². The minimum absolute atomic E-state index is 0.149. The van der Waals surface area contributed by atoms with Crippen LogP contribution < -0.4 is 18.9 Å². The number of benzene rings is 3. The number of carbonyl (C=O) groups is 2. The summed E-state index contributed by atoms with van der Waals surface area (Å²) >= 11 is 0. The summed E-state index contributed by atoms with van der Waals surface area (Å²) in [4.78, 5) is 27.5. The quantitative estimate of drug-likeness (QED) is 0.390. The molecule has 1 amide bonds. The van der Waals surface area contributed by atoms with Gasteiger partial charge in [-0.3, -0.25) is 4.79 Å². The fourth-order valence-electron chi connectivity index (χ4n) is 4.50. The van der Waals surface area contributed by atoms with Crippen LogP contribution in [-0.4, -0.2) is 57.9 Å². The molecule has 0 bridgehead atoms. The molecule has 1 atom stereocenters. The Bertz CT molecular complexity index is 1260. The van der Waals surface area contributed by atoms with Gasteiger partial charge in [0, 0.05) is 6.54 Å². The van der Waals surface area contributed by atoms with E-state index in [1.807, 2.05) is 24.3 Å². The van der Waals surface area contributed by atoms with Gasteiger partial charge in [-0.25, -0.2) is 4.79 Å². The van der Waals surface area contributed by atoms with Crippen molar-refractivity contribution in [3.63, 3.8) is 0 Å². The van der Waals surface area contributed by atoms with Crippen LogP contribution in [0.2, 0.25) is 0 Å². The molecular weight excluding hydrogens is 474 g/mol. The van der Waals surface area contributed by atoms with Crippen molar-refractivity contribution in [1.29, 1.82) is 0 Å². The number of carbonyl (C=O) groups excluding carboxylic acids is 2. The van der Waals surface area contributed by atoms with E-state index in [9.17, 15) is 9.59 Å². The molecule has 0 aliphatic carbocycles. The summed E-state index contributed by atoms with van der Waals surface area (Å²) < 4.78 is 27.7. The van der Waals surface area contributed by atoms with Gasteiger partial charge in [0.05, 0.1) is 45.1 Å². The predicted molar refractivity (Wildman–Crippen MR) is 138 cm³/mol. The minimum atomic E-state index is -0.397. The monoisotopic (exact) mass is 505 g/mol. The van der Waals surface area contributed by atoms with E-state index in [4.69, 9.17) is 23.7 Å². The molecule has 37 heavy (non-hydrogen) atoms. The molecule has 0 unspecified atom stereocenters. The molecule has 0 fully saturated rings. The first-order valence-corrected chi connectivity index (χ1v) is 12.1. The van der Waals surface area contributed by atoms with Crippen LogP contribution in [0.4, 0.5) is 0 Å². The summed E-state index contributed by atoms with van der Waals surface area (Å²) in [5.41, 5.74) is 2.92. The zero-order valence-corrected chi connectivity index (χ0v) is 21.5. The SMILES string of the molecule is CCOC(=O)c1ccc(OC[C@@H]2c3cc(OC)c(OC)cc3CCN2C(=O)c2ccccc2OC)cc1. The third kappa shape index (κ3) is 5.48. The zero-order valence-electron chi connectivity index (χ0n) is 21.5. The molecule has 0 spiro atoms. The highest BCUT2D eigenvalue weighted by atomic mass is 16.5. The Labute approximate surface area is 216 Å². The molecule has 0 saturated carbocycles. The Morgan fingerprint density at radius 1 is 0.892 bits per heavy atom. The molecule has 1 aliphatic rings. The van der Waals surface area contributed by atoms with E-state index in [0.717, 1.165) is 11.1 Å². The fraction of sp³-hybridized carbons (Fsp3) is 0.310. The van der Waals surface area contributed by atoms with Crippen LogP contribution in [-0.2, 0) is 11.2 Å². The number of ether oxygens (including phenoxy) is 5. The number of hydrogen-bond donors (Lipinski definition) is 0.